The molecule has 0 spiro atoms. The molecule has 2 N–H and O–H groups in total. The summed E-state index contributed by atoms with van der Waals surface area (Å²) in [4.78, 5) is 26.6. The molecule has 0 aliphatic carbocycles. The zero-order valence-corrected chi connectivity index (χ0v) is 20.5. The minimum atomic E-state index is -0.901. The Morgan fingerprint density at radius 1 is 1.21 bits per heavy atom. The third-order valence-corrected chi connectivity index (χ3v) is 7.25. The highest BCUT2D eigenvalue weighted by atomic mass is 32.1. The summed E-state index contributed by atoms with van der Waals surface area (Å²) in [7, 11) is 0. The second-order valence-electron chi connectivity index (χ2n) is 8.76. The Hall–Kier alpha value is -2.88. The molecule has 1 saturated heterocycles. The number of amides is 1. The van der Waals surface area contributed by atoms with Crippen molar-refractivity contribution in [2.75, 3.05) is 6.54 Å². The van der Waals surface area contributed by atoms with Gasteiger partial charge in [0.1, 0.15) is 4.88 Å². The van der Waals surface area contributed by atoms with E-state index in [2.05, 4.69) is 24.0 Å². The van der Waals surface area contributed by atoms with Crippen LogP contribution in [0.2, 0.25) is 0 Å². The van der Waals surface area contributed by atoms with Crippen molar-refractivity contribution in [1.82, 2.24) is 4.90 Å². The lowest BCUT2D eigenvalue weighted by Crippen LogP contribution is -2.33. The third-order valence-electron chi connectivity index (χ3n) is 6.11. The van der Waals surface area contributed by atoms with Gasteiger partial charge in [0.15, 0.2) is 0 Å². The zero-order valence-electron chi connectivity index (χ0n) is 19.7. The summed E-state index contributed by atoms with van der Waals surface area (Å²) in [5.74, 6) is 5.65. The van der Waals surface area contributed by atoms with Crippen LogP contribution in [0.25, 0.3) is 0 Å². The molecule has 1 amide bonds. The van der Waals surface area contributed by atoms with Gasteiger partial charge in [-0.05, 0) is 49.3 Å². The van der Waals surface area contributed by atoms with Crippen LogP contribution in [0.1, 0.15) is 59.1 Å². The lowest BCUT2D eigenvalue weighted by atomic mass is 9.99. The molecule has 1 fully saturated rings. The van der Waals surface area contributed by atoms with Gasteiger partial charge in [0.25, 0.3) is 0 Å². The zero-order chi connectivity index (χ0) is 24.3. The van der Waals surface area contributed by atoms with Gasteiger partial charge in [-0.2, -0.15) is 0 Å². The number of aromatic carboxylic acids is 1. The van der Waals surface area contributed by atoms with E-state index in [4.69, 9.17) is 5.11 Å². The standard InChI is InChI=1S/C28H33NO4S/c1-21(9-4-2-5-10-22-11-6-3-7-12-22)25(30)17-14-23-15-19-27(31)29(23)20-8-13-24-16-18-26(34-24)28(32)33/h3,6-7,11-12,14,16-18,21,23,25,30H,5,8-10,13,15,19-20H2,1H3,(H,32,33)/b17-14+/t21-,23+,25-/m1/s1. The molecule has 3 atom stereocenters. The fourth-order valence-electron chi connectivity index (χ4n) is 4.02. The van der Waals surface area contributed by atoms with Crippen LogP contribution in [0, 0.1) is 17.8 Å². The summed E-state index contributed by atoms with van der Waals surface area (Å²) in [5, 5.41) is 19.6. The molecule has 180 valence electrons. The molecule has 1 aromatic heterocycles. The summed E-state index contributed by atoms with van der Waals surface area (Å²) in [6, 6.07) is 13.8. The molecule has 2 heterocycles. The number of aryl methyl sites for hydroxylation is 2. The van der Waals surface area contributed by atoms with Crippen molar-refractivity contribution in [3.05, 3.63) is 69.9 Å². The van der Waals surface area contributed by atoms with Crippen molar-refractivity contribution < 1.29 is 19.8 Å². The van der Waals surface area contributed by atoms with E-state index in [1.807, 2.05) is 48.2 Å². The lowest BCUT2D eigenvalue weighted by molar-refractivity contribution is -0.128. The molecular formula is C28H33NO4S. The second kappa shape index (κ2) is 13.1. The van der Waals surface area contributed by atoms with Gasteiger partial charge >= 0.3 is 5.97 Å². The lowest BCUT2D eigenvalue weighted by Gasteiger charge is -2.23. The molecule has 5 nitrogen and oxygen atoms in total. The van der Waals surface area contributed by atoms with Crippen LogP contribution in [0.4, 0.5) is 0 Å². The number of hydrogen-bond donors (Lipinski definition) is 2. The Labute approximate surface area is 206 Å². The van der Waals surface area contributed by atoms with Crippen LogP contribution < -0.4 is 0 Å². The van der Waals surface area contributed by atoms with E-state index in [1.165, 1.54) is 16.9 Å². The van der Waals surface area contributed by atoms with Crippen LogP contribution >= 0.6 is 11.3 Å². The monoisotopic (exact) mass is 479 g/mol. The highest BCUT2D eigenvalue weighted by Crippen LogP contribution is 2.23. The highest BCUT2D eigenvalue weighted by Gasteiger charge is 2.28. The largest absolute Gasteiger partial charge is 0.477 e. The number of carboxylic acid groups (broad SMARTS) is 1. The molecule has 0 saturated carbocycles. The van der Waals surface area contributed by atoms with Gasteiger partial charge in [0.05, 0.1) is 12.1 Å². The summed E-state index contributed by atoms with van der Waals surface area (Å²) < 4.78 is 0. The first-order chi connectivity index (χ1) is 16.4. The van der Waals surface area contributed by atoms with E-state index in [-0.39, 0.29) is 17.9 Å². The Balaban J connectivity index is 1.41. The fourth-order valence-corrected chi connectivity index (χ4v) is 4.91. The van der Waals surface area contributed by atoms with Crippen molar-refractivity contribution >= 4 is 23.2 Å². The Kier molecular flexibility index (Phi) is 9.93. The van der Waals surface area contributed by atoms with Gasteiger partial charge in [-0.15, -0.1) is 23.2 Å². The number of rotatable bonds is 11. The molecule has 3 rings (SSSR count). The van der Waals surface area contributed by atoms with Crippen LogP contribution in [0.5, 0.6) is 0 Å². The molecule has 1 aromatic carbocycles. The highest BCUT2D eigenvalue weighted by molar-refractivity contribution is 7.13. The first kappa shape index (κ1) is 25.7. The van der Waals surface area contributed by atoms with Gasteiger partial charge < -0.3 is 15.1 Å². The topological polar surface area (TPSA) is 77.8 Å². The van der Waals surface area contributed by atoms with Gasteiger partial charge in [0.2, 0.25) is 5.91 Å². The van der Waals surface area contributed by atoms with Crippen LogP contribution in [-0.2, 0) is 17.6 Å². The maximum atomic E-state index is 12.3. The third kappa shape index (κ3) is 7.86. The van der Waals surface area contributed by atoms with Crippen molar-refractivity contribution in [3.8, 4) is 11.8 Å². The number of aliphatic hydroxyl groups is 1. The normalized spacial score (nSPS) is 17.5. The number of benzene rings is 1. The molecule has 34 heavy (non-hydrogen) atoms. The molecular weight excluding hydrogens is 446 g/mol. The molecule has 0 unspecified atom stereocenters. The first-order valence-electron chi connectivity index (χ1n) is 11.9. The number of likely N-dealkylation sites (tertiary alicyclic amines) is 1. The minimum absolute atomic E-state index is 0.00391. The number of carbonyl (C=O) groups is 2. The summed E-state index contributed by atoms with van der Waals surface area (Å²) in [6.45, 7) is 2.62. The number of hydrogen-bond acceptors (Lipinski definition) is 4. The van der Waals surface area contributed by atoms with Crippen molar-refractivity contribution in [2.24, 2.45) is 5.92 Å². The number of nitrogens with zero attached hydrogens (tertiary/aromatic N) is 1. The Bertz CT molecular complexity index is 1030. The second-order valence-corrected chi connectivity index (χ2v) is 9.93. The van der Waals surface area contributed by atoms with E-state index in [9.17, 15) is 14.7 Å². The number of thiophene rings is 1. The fraction of sp³-hybridized carbons (Fsp3) is 0.429. The van der Waals surface area contributed by atoms with Crippen LogP contribution in [-0.4, -0.2) is 45.7 Å². The predicted molar refractivity (Wildman–Crippen MR) is 136 cm³/mol. The first-order valence-corrected chi connectivity index (χ1v) is 12.7. The Morgan fingerprint density at radius 3 is 2.74 bits per heavy atom. The molecule has 0 radical (unpaired) electrons. The van der Waals surface area contributed by atoms with Crippen molar-refractivity contribution in [2.45, 2.75) is 64.0 Å². The summed E-state index contributed by atoms with van der Waals surface area (Å²) in [5.41, 5.74) is 1.28. The quantitative estimate of drug-likeness (QED) is 0.353. The maximum Gasteiger partial charge on any atom is 0.345 e. The maximum absolute atomic E-state index is 12.3. The SMILES string of the molecule is C[C@H](CC#CCCc1ccccc1)[C@H](O)/C=C/[C@H]1CCC(=O)N1CCCc1ccc(C(=O)O)s1. The molecule has 6 heteroatoms. The van der Waals surface area contributed by atoms with E-state index in [1.54, 1.807) is 6.07 Å². The summed E-state index contributed by atoms with van der Waals surface area (Å²) >= 11 is 1.29. The Morgan fingerprint density at radius 2 is 2.00 bits per heavy atom. The smallest absolute Gasteiger partial charge is 0.345 e. The minimum Gasteiger partial charge on any atom is -0.477 e. The van der Waals surface area contributed by atoms with Crippen molar-refractivity contribution in [1.29, 1.82) is 0 Å². The average Bonchev–Trinajstić information content (AvgIpc) is 3.45. The molecule has 1 aliphatic heterocycles. The van der Waals surface area contributed by atoms with Crippen LogP contribution in [0.3, 0.4) is 0 Å². The number of carboxylic acids is 1. The number of aliphatic hydroxyl groups excluding tert-OH is 1. The molecule has 2 aromatic rings. The van der Waals surface area contributed by atoms with Gasteiger partial charge in [-0.25, -0.2) is 4.79 Å². The molecule has 0 bridgehead atoms. The van der Waals surface area contributed by atoms with E-state index in [0.717, 1.165) is 37.0 Å². The predicted octanol–water partition coefficient (Wildman–Crippen LogP) is 4.95. The average molecular weight is 480 g/mol. The van der Waals surface area contributed by atoms with Gasteiger partial charge in [-0.1, -0.05) is 49.4 Å². The van der Waals surface area contributed by atoms with Gasteiger partial charge in [-0.3, -0.25) is 4.79 Å². The summed E-state index contributed by atoms with van der Waals surface area (Å²) in [6.07, 6.45) is 8.37. The van der Waals surface area contributed by atoms with Gasteiger partial charge in [0, 0.05) is 30.7 Å². The van der Waals surface area contributed by atoms with E-state index >= 15 is 0 Å². The molecule has 1 aliphatic rings. The van der Waals surface area contributed by atoms with E-state index in [0.29, 0.717) is 24.3 Å². The number of carbonyl (C=O) groups excluding carboxylic acids is 1. The van der Waals surface area contributed by atoms with Crippen LogP contribution in [0.15, 0.2) is 54.6 Å². The van der Waals surface area contributed by atoms with E-state index < -0.39 is 12.1 Å². The van der Waals surface area contributed by atoms with Crippen molar-refractivity contribution in [3.63, 3.8) is 0 Å².